The Morgan fingerprint density at radius 1 is 0.812 bits per heavy atom. The molecule has 0 atom stereocenters. The summed E-state index contributed by atoms with van der Waals surface area (Å²) in [6.07, 6.45) is 8.18. The first-order valence-electron chi connectivity index (χ1n) is 14.2. The van der Waals surface area contributed by atoms with Crippen LogP contribution >= 0.6 is 22.6 Å². The van der Waals surface area contributed by atoms with Gasteiger partial charge in [-0.25, -0.2) is 19.9 Å². The predicted molar refractivity (Wildman–Crippen MR) is 180 cm³/mol. The average molecular weight is 803 g/mol. The molecule has 14 heteroatoms. The molecular formula is C34H28CuIN8O4. The summed E-state index contributed by atoms with van der Waals surface area (Å²) in [6.45, 7) is 8.67. The molecule has 6 aromatic rings. The van der Waals surface area contributed by atoms with Gasteiger partial charge in [0, 0.05) is 35.9 Å². The summed E-state index contributed by atoms with van der Waals surface area (Å²) in [5.41, 5.74) is 3.85. The first-order valence-corrected chi connectivity index (χ1v) is 15.3. The zero-order valence-corrected chi connectivity index (χ0v) is 29.3. The number of hydrogen-bond acceptors (Lipinski definition) is 10. The number of rotatable bonds is 8. The summed E-state index contributed by atoms with van der Waals surface area (Å²) < 4.78 is 14.7. The van der Waals surface area contributed by atoms with E-state index in [0.717, 1.165) is 15.0 Å². The van der Waals surface area contributed by atoms with Gasteiger partial charge in [-0.05, 0) is 84.0 Å². The number of fused-ring (bicyclic) bond motifs is 2. The van der Waals surface area contributed by atoms with E-state index in [9.17, 15) is 14.9 Å². The third-order valence-corrected chi connectivity index (χ3v) is 7.89. The van der Waals surface area contributed by atoms with E-state index < -0.39 is 0 Å². The Labute approximate surface area is 301 Å². The number of methoxy groups -OCH3 is 2. The van der Waals surface area contributed by atoms with Crippen LogP contribution in [0.4, 0.5) is 0 Å². The second-order valence-corrected chi connectivity index (χ2v) is 10.8. The van der Waals surface area contributed by atoms with Crippen LogP contribution in [0.3, 0.4) is 0 Å². The van der Waals surface area contributed by atoms with Crippen molar-refractivity contribution in [2.75, 3.05) is 14.2 Å². The Balaban J connectivity index is 0.000000243. The number of aryl methyl sites for hydroxylation is 2. The molecule has 48 heavy (non-hydrogen) atoms. The molecule has 4 heterocycles. The Morgan fingerprint density at radius 3 is 1.69 bits per heavy atom. The van der Waals surface area contributed by atoms with Gasteiger partial charge in [-0.15, -0.1) is 0 Å². The molecule has 0 bridgehead atoms. The zero-order valence-electron chi connectivity index (χ0n) is 26.2. The predicted octanol–water partition coefficient (Wildman–Crippen LogP) is 5.63. The molecule has 0 saturated heterocycles. The van der Waals surface area contributed by atoms with Crippen LogP contribution < -0.4 is 9.47 Å². The number of aromatic nitrogens is 6. The van der Waals surface area contributed by atoms with Crippen LogP contribution in [0, 0.1) is 26.7 Å². The van der Waals surface area contributed by atoms with Crippen molar-refractivity contribution in [1.29, 1.82) is 10.5 Å². The van der Waals surface area contributed by atoms with E-state index in [0.29, 0.717) is 63.9 Å². The maximum Gasteiger partial charge on any atom is 1.00 e. The molecule has 0 aliphatic carbocycles. The van der Waals surface area contributed by atoms with Gasteiger partial charge in [0.15, 0.2) is 0 Å². The zero-order chi connectivity index (χ0) is 34.1. The minimum atomic E-state index is -0.193. The molecule has 246 valence electrons. The number of ether oxygens (including phenoxy) is 2. The molecule has 2 aromatic carbocycles. The minimum Gasteiger partial charge on any atom is -0.512 e. The maximum atomic E-state index is 12.9. The summed E-state index contributed by atoms with van der Waals surface area (Å²) in [5, 5.41) is 15.4. The number of nitrogens with zero attached hydrogens (tertiary/aromatic N) is 8. The number of hydrogen-bond donors (Lipinski definition) is 0. The fourth-order valence-electron chi connectivity index (χ4n) is 4.86. The molecule has 6 rings (SSSR count). The molecule has 0 N–H and O–H groups in total. The van der Waals surface area contributed by atoms with Crippen molar-refractivity contribution in [3.05, 3.63) is 123 Å². The molecular weight excluding hydrogens is 775 g/mol. The Morgan fingerprint density at radius 2 is 1.27 bits per heavy atom. The van der Waals surface area contributed by atoms with E-state index in [1.165, 1.54) is 13.2 Å². The van der Waals surface area contributed by atoms with E-state index in [1.54, 1.807) is 64.8 Å². The second kappa shape index (κ2) is 17.1. The van der Waals surface area contributed by atoms with Crippen LogP contribution in [0.2, 0.25) is 0 Å². The van der Waals surface area contributed by atoms with Crippen LogP contribution in [0.25, 0.3) is 11.6 Å². The summed E-state index contributed by atoms with van der Waals surface area (Å²) in [4.78, 5) is 43.1. The van der Waals surface area contributed by atoms with Crippen LogP contribution in [0.15, 0.2) is 73.3 Å². The first kappa shape index (κ1) is 37.3. The summed E-state index contributed by atoms with van der Waals surface area (Å²) in [6, 6.07) is 15.8. The Bertz CT molecular complexity index is 2150. The van der Waals surface area contributed by atoms with Crippen molar-refractivity contribution in [3.8, 4) is 17.6 Å². The average Bonchev–Trinajstić information content (AvgIpc) is 3.70. The van der Waals surface area contributed by atoms with Gasteiger partial charge in [0.05, 0.1) is 34.7 Å². The van der Waals surface area contributed by atoms with Crippen molar-refractivity contribution in [1.82, 2.24) is 28.7 Å². The SMILES string of the molecule is CCc1nc2ncccn2c1C(=O)c1ccc(OC)c(C#N)c1.CCc1nc2ncccn2c1C(=O)c1ccc(OC)c(I)c1.[C-]#N.[Cu+]. The van der Waals surface area contributed by atoms with Gasteiger partial charge in [-0.3, -0.25) is 18.4 Å². The van der Waals surface area contributed by atoms with Gasteiger partial charge in [-0.1, -0.05) is 13.8 Å². The number of carbonyl (C=O) groups excluding carboxylic acids is 2. The molecule has 0 aliphatic rings. The molecule has 0 amide bonds. The third-order valence-electron chi connectivity index (χ3n) is 7.05. The largest absolute Gasteiger partial charge is 1.00 e. The molecule has 0 unspecified atom stereocenters. The second-order valence-electron chi connectivity index (χ2n) is 9.64. The molecule has 0 radical (unpaired) electrons. The van der Waals surface area contributed by atoms with Crippen molar-refractivity contribution in [3.63, 3.8) is 0 Å². The van der Waals surface area contributed by atoms with Crippen LogP contribution in [0.1, 0.15) is 62.9 Å². The van der Waals surface area contributed by atoms with Gasteiger partial charge in [0.25, 0.3) is 0 Å². The Kier molecular flexibility index (Phi) is 13.3. The van der Waals surface area contributed by atoms with Gasteiger partial charge in [0.2, 0.25) is 23.1 Å². The fourth-order valence-corrected chi connectivity index (χ4v) is 5.59. The number of benzene rings is 2. The fraction of sp³-hybridized carbons (Fsp3) is 0.176. The van der Waals surface area contributed by atoms with Crippen LogP contribution in [-0.4, -0.2) is 54.5 Å². The van der Waals surface area contributed by atoms with Gasteiger partial charge < -0.3 is 21.3 Å². The maximum absolute atomic E-state index is 12.9. The van der Waals surface area contributed by atoms with Gasteiger partial charge in [0.1, 0.15) is 29.0 Å². The Hall–Kier alpha value is -5.15. The van der Waals surface area contributed by atoms with Crippen molar-refractivity contribution in [2.24, 2.45) is 0 Å². The van der Waals surface area contributed by atoms with E-state index in [2.05, 4.69) is 42.5 Å². The monoisotopic (exact) mass is 802 g/mol. The van der Waals surface area contributed by atoms with E-state index >= 15 is 0 Å². The van der Waals surface area contributed by atoms with Crippen LogP contribution in [0.5, 0.6) is 11.5 Å². The molecule has 0 saturated carbocycles. The number of ketones is 2. The first-order chi connectivity index (χ1) is 22.8. The number of nitriles is 1. The van der Waals surface area contributed by atoms with E-state index in [4.69, 9.17) is 21.3 Å². The number of carbonyl (C=O) groups is 2. The smallest absolute Gasteiger partial charge is 0.512 e. The van der Waals surface area contributed by atoms with Crippen LogP contribution in [-0.2, 0) is 29.9 Å². The normalized spacial score (nSPS) is 10.0. The number of imidazole rings is 2. The molecule has 4 aromatic heterocycles. The quantitative estimate of drug-likeness (QED) is 0.0817. The number of halogens is 1. The summed E-state index contributed by atoms with van der Waals surface area (Å²) in [7, 11) is 3.10. The summed E-state index contributed by atoms with van der Waals surface area (Å²) in [5.74, 6) is 1.99. The molecule has 0 fully saturated rings. The van der Waals surface area contributed by atoms with Gasteiger partial charge in [-0.2, -0.15) is 5.26 Å². The topological polar surface area (TPSA) is 161 Å². The van der Waals surface area contributed by atoms with Crippen molar-refractivity contribution >= 4 is 45.7 Å². The molecule has 12 nitrogen and oxygen atoms in total. The molecule has 0 aliphatic heterocycles. The van der Waals surface area contributed by atoms with Crippen molar-refractivity contribution in [2.45, 2.75) is 26.7 Å². The van der Waals surface area contributed by atoms with Gasteiger partial charge >= 0.3 is 17.1 Å². The molecule has 0 spiro atoms. The van der Waals surface area contributed by atoms with E-state index in [-0.39, 0.29) is 28.6 Å². The summed E-state index contributed by atoms with van der Waals surface area (Å²) >= 11 is 2.16. The third kappa shape index (κ3) is 7.52. The standard InChI is InChI=1S/C17H14N4O2.C16H14IN3O2.CN.Cu/c1-3-13-15(21-8-4-7-19-17(21)20-13)16(22)11-5-6-14(23-2)12(9-11)10-18;1-3-12-14(20-8-4-7-18-16(20)19-12)15(21)10-5-6-13(22-2)11(17)9-10;1-2;/h4-9H,3H2,1-2H3;4-9H,3H2,1-2H3;;/q;;-1;+1. The van der Waals surface area contributed by atoms with Crippen molar-refractivity contribution < 1.29 is 36.1 Å². The van der Waals surface area contributed by atoms with E-state index in [1.807, 2.05) is 38.2 Å². The minimum absolute atomic E-state index is 0.